The molecular formula is C18H21NO2. The number of nitriles is 1. The van der Waals surface area contributed by atoms with Crippen LogP contribution in [0.4, 0.5) is 0 Å². The largest absolute Gasteiger partial charge is 0.384 e. The van der Waals surface area contributed by atoms with Gasteiger partial charge in [-0.3, -0.25) is 4.79 Å². The van der Waals surface area contributed by atoms with Crippen LogP contribution in [0.25, 0.3) is 0 Å². The molecule has 2 radical (unpaired) electrons. The number of Topliss-reactive ketones (excluding diaryl/α,β-unsaturated/α-hetero) is 1. The minimum absolute atomic E-state index is 0.131. The first-order chi connectivity index (χ1) is 10.2. The fourth-order valence-corrected chi connectivity index (χ4v) is 3.13. The van der Waals surface area contributed by atoms with E-state index in [0.29, 0.717) is 36.0 Å². The van der Waals surface area contributed by atoms with Crippen molar-refractivity contribution in [2.45, 2.75) is 19.3 Å². The predicted octanol–water partition coefficient (Wildman–Crippen LogP) is 3.46. The normalized spacial score (nSPS) is 24.7. The third-order valence-corrected chi connectivity index (χ3v) is 4.38. The van der Waals surface area contributed by atoms with Gasteiger partial charge in [-0.15, -0.1) is 0 Å². The molecule has 0 saturated heterocycles. The lowest BCUT2D eigenvalue weighted by Gasteiger charge is -2.23. The number of carbonyl (C=O) groups is 1. The topological polar surface area (TPSA) is 50.1 Å². The van der Waals surface area contributed by atoms with E-state index in [-0.39, 0.29) is 11.7 Å². The number of ketones is 1. The summed E-state index contributed by atoms with van der Waals surface area (Å²) in [5.41, 5.74) is 1.25. The lowest BCUT2D eigenvalue weighted by atomic mass is 9.85. The van der Waals surface area contributed by atoms with E-state index in [9.17, 15) is 4.79 Å². The van der Waals surface area contributed by atoms with Gasteiger partial charge in [-0.05, 0) is 42.7 Å². The summed E-state index contributed by atoms with van der Waals surface area (Å²) in [4.78, 5) is 12.4. The average Bonchev–Trinajstić information content (AvgIpc) is 2.90. The number of rotatable bonds is 6. The molecule has 2 rings (SSSR count). The minimum atomic E-state index is 0.131. The van der Waals surface area contributed by atoms with Crippen molar-refractivity contribution in [3.8, 4) is 6.07 Å². The van der Waals surface area contributed by atoms with Crippen LogP contribution in [0, 0.1) is 42.4 Å². The number of carbonyl (C=O) groups excluding carboxylic acids is 1. The van der Waals surface area contributed by atoms with Crippen molar-refractivity contribution in [3.05, 3.63) is 48.7 Å². The van der Waals surface area contributed by atoms with Crippen molar-refractivity contribution >= 4 is 5.78 Å². The zero-order chi connectivity index (χ0) is 15.2. The molecule has 110 valence electrons. The molecule has 3 nitrogen and oxygen atoms in total. The second-order valence-corrected chi connectivity index (χ2v) is 5.62. The maximum Gasteiger partial charge on any atom is 0.163 e. The maximum atomic E-state index is 12.4. The predicted molar refractivity (Wildman–Crippen MR) is 81.3 cm³/mol. The van der Waals surface area contributed by atoms with Gasteiger partial charge in [0.05, 0.1) is 11.6 Å². The van der Waals surface area contributed by atoms with E-state index in [0.717, 1.165) is 12.8 Å². The molecule has 0 N–H and O–H groups in total. The van der Waals surface area contributed by atoms with E-state index in [4.69, 9.17) is 10.00 Å². The van der Waals surface area contributed by atoms with Gasteiger partial charge in [0.1, 0.15) is 0 Å². The lowest BCUT2D eigenvalue weighted by Crippen LogP contribution is -2.22. The number of ether oxygens (including phenoxy) is 1. The van der Waals surface area contributed by atoms with Crippen LogP contribution >= 0.6 is 0 Å². The molecule has 0 aromatic heterocycles. The zero-order valence-electron chi connectivity index (χ0n) is 12.4. The van der Waals surface area contributed by atoms with Crippen LogP contribution in [-0.2, 0) is 4.74 Å². The molecule has 3 unspecified atom stereocenters. The molecule has 1 aromatic carbocycles. The first-order valence-corrected chi connectivity index (χ1v) is 7.34. The quantitative estimate of drug-likeness (QED) is 0.751. The van der Waals surface area contributed by atoms with E-state index < -0.39 is 0 Å². The van der Waals surface area contributed by atoms with Gasteiger partial charge in [0.15, 0.2) is 5.78 Å². The zero-order valence-corrected chi connectivity index (χ0v) is 12.4. The number of hydrogen-bond acceptors (Lipinski definition) is 3. The summed E-state index contributed by atoms with van der Waals surface area (Å²) in [6.07, 6.45) is 4.66. The standard InChI is InChI=1S/C18H21NO2/c1-3-14-8-9-16(17(14)12-21-2)10-18(20)15-6-4-13(11-19)5-7-15/h4-7,9,14,16-17H,1,3,8,10,12H2,2H3. The summed E-state index contributed by atoms with van der Waals surface area (Å²) in [7, 11) is 1.71. The third kappa shape index (κ3) is 3.71. The summed E-state index contributed by atoms with van der Waals surface area (Å²) < 4.78 is 5.31. The van der Waals surface area contributed by atoms with E-state index in [2.05, 4.69) is 19.4 Å². The smallest absolute Gasteiger partial charge is 0.163 e. The van der Waals surface area contributed by atoms with Crippen molar-refractivity contribution in [2.75, 3.05) is 13.7 Å². The molecule has 0 aliphatic heterocycles. The number of benzene rings is 1. The third-order valence-electron chi connectivity index (χ3n) is 4.38. The Morgan fingerprint density at radius 1 is 1.43 bits per heavy atom. The first kappa shape index (κ1) is 15.7. The molecule has 0 spiro atoms. The highest BCUT2D eigenvalue weighted by Crippen LogP contribution is 2.40. The second kappa shape index (κ2) is 7.38. The first-order valence-electron chi connectivity index (χ1n) is 7.34. The molecule has 0 heterocycles. The number of nitrogens with zero attached hydrogens (tertiary/aromatic N) is 1. The minimum Gasteiger partial charge on any atom is -0.384 e. The van der Waals surface area contributed by atoms with Crippen LogP contribution < -0.4 is 0 Å². The van der Waals surface area contributed by atoms with Gasteiger partial charge in [0, 0.05) is 25.7 Å². The summed E-state index contributed by atoms with van der Waals surface area (Å²) in [6, 6.07) is 8.92. The Morgan fingerprint density at radius 2 is 2.14 bits per heavy atom. The Morgan fingerprint density at radius 3 is 2.71 bits per heavy atom. The Kier molecular flexibility index (Phi) is 5.52. The van der Waals surface area contributed by atoms with Gasteiger partial charge in [-0.1, -0.05) is 25.5 Å². The second-order valence-electron chi connectivity index (χ2n) is 5.62. The molecule has 1 fully saturated rings. The van der Waals surface area contributed by atoms with Gasteiger partial charge in [0.25, 0.3) is 0 Å². The van der Waals surface area contributed by atoms with Crippen molar-refractivity contribution in [1.29, 1.82) is 5.26 Å². The van der Waals surface area contributed by atoms with Gasteiger partial charge in [-0.25, -0.2) is 0 Å². The molecule has 1 aliphatic rings. The highest BCUT2D eigenvalue weighted by molar-refractivity contribution is 5.96. The molecule has 1 saturated carbocycles. The molecule has 3 atom stereocenters. The average molecular weight is 283 g/mol. The monoisotopic (exact) mass is 283 g/mol. The van der Waals surface area contributed by atoms with Crippen LogP contribution in [0.2, 0.25) is 0 Å². The van der Waals surface area contributed by atoms with Crippen LogP contribution in [-0.4, -0.2) is 19.5 Å². The fourth-order valence-electron chi connectivity index (χ4n) is 3.13. The van der Waals surface area contributed by atoms with Crippen LogP contribution in [0.3, 0.4) is 0 Å². The Hall–Kier alpha value is -1.66. The Balaban J connectivity index is 2.02. The highest BCUT2D eigenvalue weighted by atomic mass is 16.5. The van der Waals surface area contributed by atoms with E-state index >= 15 is 0 Å². The van der Waals surface area contributed by atoms with E-state index in [1.807, 2.05) is 0 Å². The van der Waals surface area contributed by atoms with Crippen molar-refractivity contribution in [1.82, 2.24) is 0 Å². The molecular weight excluding hydrogens is 262 g/mol. The maximum absolute atomic E-state index is 12.4. The molecule has 3 heteroatoms. The van der Waals surface area contributed by atoms with Gasteiger partial charge < -0.3 is 4.74 Å². The Labute approximate surface area is 126 Å². The summed E-state index contributed by atoms with van der Waals surface area (Å²) in [5.74, 6) is 1.30. The summed E-state index contributed by atoms with van der Waals surface area (Å²) >= 11 is 0. The molecule has 1 aliphatic carbocycles. The van der Waals surface area contributed by atoms with Crippen LogP contribution in [0.15, 0.2) is 24.3 Å². The number of methoxy groups -OCH3 is 1. The van der Waals surface area contributed by atoms with Crippen LogP contribution in [0.5, 0.6) is 0 Å². The van der Waals surface area contributed by atoms with Gasteiger partial charge in [-0.2, -0.15) is 5.26 Å². The Bertz CT molecular complexity index is 515. The lowest BCUT2D eigenvalue weighted by molar-refractivity contribution is 0.0880. The van der Waals surface area contributed by atoms with Crippen molar-refractivity contribution < 1.29 is 9.53 Å². The highest BCUT2D eigenvalue weighted by Gasteiger charge is 2.36. The molecule has 0 bridgehead atoms. The van der Waals surface area contributed by atoms with Crippen molar-refractivity contribution in [2.24, 2.45) is 17.8 Å². The van der Waals surface area contributed by atoms with E-state index in [1.165, 1.54) is 0 Å². The fraction of sp³-hybridized carbons (Fsp3) is 0.444. The van der Waals surface area contributed by atoms with E-state index in [1.54, 1.807) is 31.4 Å². The summed E-state index contributed by atoms with van der Waals surface area (Å²) in [5, 5.41) is 8.79. The molecule has 21 heavy (non-hydrogen) atoms. The van der Waals surface area contributed by atoms with Gasteiger partial charge in [0.2, 0.25) is 0 Å². The van der Waals surface area contributed by atoms with Crippen LogP contribution in [0.1, 0.15) is 35.2 Å². The van der Waals surface area contributed by atoms with Crippen molar-refractivity contribution in [3.63, 3.8) is 0 Å². The molecule has 0 amide bonds. The SMILES string of the molecule is [CH2]CC1C[CH]C(CC(=O)c2ccc(C#N)cc2)C1COC. The summed E-state index contributed by atoms with van der Waals surface area (Å²) in [6.45, 7) is 4.68. The number of hydrogen-bond donors (Lipinski definition) is 0. The van der Waals surface area contributed by atoms with Gasteiger partial charge >= 0.3 is 0 Å². The molecule has 1 aromatic rings.